The first kappa shape index (κ1) is 35.5. The Morgan fingerprint density at radius 1 is 0.317 bits per heavy atom. The molecule has 63 heavy (non-hydrogen) atoms. The third-order valence-corrected chi connectivity index (χ3v) is 13.3. The van der Waals surface area contributed by atoms with E-state index in [4.69, 9.17) is 19.9 Å². The fraction of sp³-hybridized carbons (Fsp3) is 0. The zero-order chi connectivity index (χ0) is 41.4. The molecule has 4 aromatic heterocycles. The molecule has 0 aliphatic rings. The quantitative estimate of drug-likeness (QED) is 0.168. The number of benzene rings is 9. The summed E-state index contributed by atoms with van der Waals surface area (Å²) in [7, 11) is 0. The van der Waals surface area contributed by atoms with E-state index < -0.39 is 0 Å². The van der Waals surface area contributed by atoms with E-state index in [0.717, 1.165) is 97.7 Å². The van der Waals surface area contributed by atoms with Crippen molar-refractivity contribution in [2.45, 2.75) is 0 Å². The van der Waals surface area contributed by atoms with Gasteiger partial charge in [-0.2, -0.15) is 9.97 Å². The van der Waals surface area contributed by atoms with Gasteiger partial charge in [0, 0.05) is 38.1 Å². The zero-order valence-corrected chi connectivity index (χ0v) is 34.5. The van der Waals surface area contributed by atoms with Gasteiger partial charge in [0.1, 0.15) is 0 Å². The van der Waals surface area contributed by atoms with Crippen LogP contribution in [0.2, 0.25) is 0 Å². The molecule has 0 saturated heterocycles. The maximum absolute atomic E-state index is 5.44. The van der Waals surface area contributed by atoms with Crippen molar-refractivity contribution < 1.29 is 0 Å². The molecule has 0 N–H and O–H groups in total. The van der Waals surface area contributed by atoms with Gasteiger partial charge in [-0.1, -0.05) is 199 Å². The van der Waals surface area contributed by atoms with Crippen LogP contribution in [0.15, 0.2) is 206 Å². The Balaban J connectivity index is 1.10. The van der Waals surface area contributed by atoms with Crippen LogP contribution in [0.1, 0.15) is 0 Å². The summed E-state index contributed by atoms with van der Waals surface area (Å²) in [6.45, 7) is 0. The highest BCUT2D eigenvalue weighted by atomic mass is 32.1. The van der Waals surface area contributed by atoms with Crippen LogP contribution in [-0.2, 0) is 0 Å². The number of nitrogens with zero attached hydrogens (tertiary/aromatic N) is 6. The molecule has 294 valence electrons. The Bertz CT molecular complexity index is 3780. The molecule has 0 saturated carbocycles. The topological polar surface area (TPSA) is 61.4 Å². The monoisotopic (exact) mass is 822 g/mol. The van der Waals surface area contributed by atoms with Crippen molar-refractivity contribution in [3.05, 3.63) is 206 Å². The van der Waals surface area contributed by atoms with E-state index in [1.165, 1.54) is 5.39 Å². The van der Waals surface area contributed by atoms with E-state index in [2.05, 4.69) is 203 Å². The van der Waals surface area contributed by atoms with E-state index in [1.807, 2.05) is 12.1 Å². The van der Waals surface area contributed by atoms with Crippen LogP contribution in [0.5, 0.6) is 0 Å². The largest absolute Gasteiger partial charge is 0.283 e. The first-order valence-electron chi connectivity index (χ1n) is 21.1. The molecule has 0 aliphatic heterocycles. The third kappa shape index (κ3) is 5.71. The summed E-state index contributed by atoms with van der Waals surface area (Å²) < 4.78 is 5.75. The van der Waals surface area contributed by atoms with Crippen molar-refractivity contribution in [3.63, 3.8) is 0 Å². The van der Waals surface area contributed by atoms with Crippen molar-refractivity contribution >= 4 is 75.9 Å². The molecule has 0 bridgehead atoms. The summed E-state index contributed by atoms with van der Waals surface area (Å²) in [5.74, 6) is 1.73. The Morgan fingerprint density at radius 3 is 1.37 bits per heavy atom. The summed E-state index contributed by atoms with van der Waals surface area (Å²) in [4.78, 5) is 21.4. The molecule has 0 amide bonds. The number of aromatic nitrogens is 6. The molecule has 0 atom stereocenters. The lowest BCUT2D eigenvalue weighted by Gasteiger charge is -2.13. The number of thiazole rings is 1. The highest BCUT2D eigenvalue weighted by molar-refractivity contribution is 7.21. The van der Waals surface area contributed by atoms with Crippen LogP contribution in [0, 0.1) is 0 Å². The average molecular weight is 823 g/mol. The second kappa shape index (κ2) is 14.2. The van der Waals surface area contributed by atoms with Gasteiger partial charge in [-0.15, -0.1) is 0 Å². The molecule has 0 spiro atoms. The van der Waals surface area contributed by atoms with E-state index in [0.29, 0.717) is 17.6 Å². The lowest BCUT2D eigenvalue weighted by atomic mass is 10.0. The van der Waals surface area contributed by atoms with Gasteiger partial charge < -0.3 is 0 Å². The average Bonchev–Trinajstić information content (AvgIpc) is 4.05. The smallest absolute Gasteiger partial charge is 0.238 e. The second-order valence-electron chi connectivity index (χ2n) is 15.9. The molecule has 0 radical (unpaired) electrons. The molecule has 6 nitrogen and oxygen atoms in total. The maximum atomic E-state index is 5.44. The van der Waals surface area contributed by atoms with Crippen LogP contribution < -0.4 is 0 Å². The normalized spacial score (nSPS) is 11.8. The Labute approximate surface area is 365 Å². The maximum Gasteiger partial charge on any atom is 0.238 e. The van der Waals surface area contributed by atoms with E-state index in [9.17, 15) is 0 Å². The summed E-state index contributed by atoms with van der Waals surface area (Å²) in [5.41, 5.74) is 11.6. The Hall–Kier alpha value is -8.26. The van der Waals surface area contributed by atoms with E-state index in [1.54, 1.807) is 11.3 Å². The van der Waals surface area contributed by atoms with E-state index >= 15 is 0 Å². The first-order chi connectivity index (χ1) is 31.2. The van der Waals surface area contributed by atoms with Crippen LogP contribution in [-0.4, -0.2) is 29.1 Å². The Kier molecular flexibility index (Phi) is 7.98. The number of fused-ring (bicyclic) bond motifs is 10. The van der Waals surface area contributed by atoms with Crippen LogP contribution >= 0.6 is 11.3 Å². The highest BCUT2D eigenvalue weighted by Gasteiger charge is 2.25. The molecular formula is C56H34N6S. The van der Waals surface area contributed by atoms with E-state index in [-0.39, 0.29) is 0 Å². The molecular weight excluding hydrogens is 789 g/mol. The van der Waals surface area contributed by atoms with Crippen molar-refractivity contribution in [1.29, 1.82) is 0 Å². The molecule has 0 aliphatic carbocycles. The lowest BCUT2D eigenvalue weighted by Crippen LogP contribution is -2.07. The first-order valence-corrected chi connectivity index (χ1v) is 21.9. The summed E-state index contributed by atoms with van der Waals surface area (Å²) in [6.07, 6.45) is 0. The van der Waals surface area contributed by atoms with Crippen LogP contribution in [0.25, 0.3) is 121 Å². The molecule has 0 unspecified atom stereocenters. The second-order valence-corrected chi connectivity index (χ2v) is 16.9. The van der Waals surface area contributed by atoms with Crippen LogP contribution in [0.4, 0.5) is 0 Å². The number of rotatable bonds is 6. The number of para-hydroxylation sites is 2. The molecule has 13 rings (SSSR count). The number of hydrogen-bond donors (Lipinski definition) is 0. The standard InChI is InChI=1S/C56H34N6S/c1-3-13-35(14-4-1)37-23-27-40(28-24-37)53-58-54(41-29-25-38(26-30-41)36-15-5-2-6-16-36)60-55(59-53)61-47-21-11-9-19-43(47)45-32-33-46-44-20-10-12-22-48(44)62(52(46)51(45)61)56-57-50-42-18-8-7-17-39(42)31-34-49(50)63-56/h1-34H. The molecule has 0 fully saturated rings. The van der Waals surface area contributed by atoms with Gasteiger partial charge in [0.25, 0.3) is 0 Å². The molecule has 7 heteroatoms. The van der Waals surface area contributed by atoms with Gasteiger partial charge in [-0.3, -0.25) is 9.13 Å². The minimum atomic E-state index is 0.542. The van der Waals surface area contributed by atoms with Gasteiger partial charge in [0.15, 0.2) is 16.8 Å². The summed E-state index contributed by atoms with van der Waals surface area (Å²) >= 11 is 1.72. The fourth-order valence-corrected chi connectivity index (χ4v) is 10.3. The van der Waals surface area contributed by atoms with Gasteiger partial charge in [0.05, 0.1) is 32.3 Å². The highest BCUT2D eigenvalue weighted by Crippen LogP contribution is 2.43. The van der Waals surface area contributed by atoms with Gasteiger partial charge in [-0.05, 0) is 45.8 Å². The Morgan fingerprint density at radius 2 is 0.778 bits per heavy atom. The molecule has 9 aromatic carbocycles. The third-order valence-electron chi connectivity index (χ3n) is 12.3. The van der Waals surface area contributed by atoms with Crippen molar-refractivity contribution in [1.82, 2.24) is 29.1 Å². The minimum Gasteiger partial charge on any atom is -0.283 e. The van der Waals surface area contributed by atoms with Gasteiger partial charge in [-0.25, -0.2) is 9.97 Å². The predicted octanol–water partition coefficient (Wildman–Crippen LogP) is 14.5. The summed E-state index contributed by atoms with van der Waals surface area (Å²) in [6, 6.07) is 72.6. The predicted molar refractivity (Wildman–Crippen MR) is 261 cm³/mol. The van der Waals surface area contributed by atoms with Crippen LogP contribution in [0.3, 0.4) is 0 Å². The lowest BCUT2D eigenvalue weighted by molar-refractivity contribution is 0.953. The SMILES string of the molecule is c1ccc(-c2ccc(-c3nc(-c4ccc(-c5ccccc5)cc4)nc(-n4c5ccccc5c5ccc6c7ccccc7n(-c7nc8c(ccc9ccccc98)s7)c6c54)n3)cc2)cc1. The van der Waals surface area contributed by atoms with Crippen molar-refractivity contribution in [2.75, 3.05) is 0 Å². The van der Waals surface area contributed by atoms with Crippen molar-refractivity contribution in [2.24, 2.45) is 0 Å². The molecule has 13 aromatic rings. The molecule has 4 heterocycles. The minimum absolute atomic E-state index is 0.542. The number of hydrogen-bond acceptors (Lipinski definition) is 5. The van der Waals surface area contributed by atoms with Gasteiger partial charge >= 0.3 is 0 Å². The fourth-order valence-electron chi connectivity index (χ4n) is 9.26. The zero-order valence-electron chi connectivity index (χ0n) is 33.7. The van der Waals surface area contributed by atoms with Crippen molar-refractivity contribution in [3.8, 4) is 56.1 Å². The van der Waals surface area contributed by atoms with Gasteiger partial charge in [0.2, 0.25) is 5.95 Å². The summed E-state index contributed by atoms with van der Waals surface area (Å²) in [5, 5.41) is 7.75.